The highest BCUT2D eigenvalue weighted by Crippen LogP contribution is 2.40. The Kier molecular flexibility index (Phi) is 6.04. The van der Waals surface area contributed by atoms with E-state index >= 15 is 0 Å². The van der Waals surface area contributed by atoms with E-state index in [1.54, 1.807) is 12.1 Å². The molecule has 1 amide bonds. The molecular weight excluding hydrogens is 513 g/mol. The van der Waals surface area contributed by atoms with Gasteiger partial charge in [-0.1, -0.05) is 65.1 Å². The van der Waals surface area contributed by atoms with E-state index in [1.165, 1.54) is 5.56 Å². The highest BCUT2D eigenvalue weighted by Gasteiger charge is 2.29. The van der Waals surface area contributed by atoms with Crippen molar-refractivity contribution in [3.63, 3.8) is 0 Å². The first-order valence-corrected chi connectivity index (χ1v) is 13.0. The zero-order chi connectivity index (χ0) is 24.8. The Bertz CT molecular complexity index is 1600. The number of carbonyl (C=O) groups excluding carboxylic acids is 1. The predicted molar refractivity (Wildman–Crippen MR) is 149 cm³/mol. The molecule has 0 unspecified atom stereocenters. The summed E-state index contributed by atoms with van der Waals surface area (Å²) in [6.45, 7) is 0.876. The number of carbonyl (C=O) groups is 1. The highest BCUT2D eigenvalue weighted by atomic mass is 35.5. The summed E-state index contributed by atoms with van der Waals surface area (Å²) in [5.41, 5.74) is 7.50. The molecule has 36 heavy (non-hydrogen) atoms. The number of benzene rings is 3. The third-order valence-corrected chi connectivity index (χ3v) is 7.44. The normalized spacial score (nSPS) is 13.1. The second-order valence-electron chi connectivity index (χ2n) is 9.00. The molecule has 7 heteroatoms. The van der Waals surface area contributed by atoms with Gasteiger partial charge in [0.25, 0.3) is 5.91 Å². The number of nitrogens with zero attached hydrogens (tertiary/aromatic N) is 2. The van der Waals surface area contributed by atoms with Crippen LogP contribution in [0.3, 0.4) is 0 Å². The standard InChI is InChI=1S/C29H22Cl3N3O/c30-20-11-7-18(8-12-20)25-17-35-27(28(36)33-23-5-3-4-22(32)16-23)26(19-9-13-21(31)14-10-19)24-6-1-2-15-34(25)29(24)35/h3-5,7-14,16-17H,1-2,6,15H2,(H,33,36). The molecular formula is C29H22Cl3N3O. The monoisotopic (exact) mass is 533 g/mol. The maximum absolute atomic E-state index is 13.9. The SMILES string of the molecule is O=C(Nc1cccc(Cl)c1)c1c(-c2ccc(Cl)cc2)c2c3n(c(-c4ccc(Cl)cc4)cn13)CCCC2. The summed E-state index contributed by atoms with van der Waals surface area (Å²) in [7, 11) is 0. The van der Waals surface area contributed by atoms with E-state index in [0.29, 0.717) is 26.4 Å². The van der Waals surface area contributed by atoms with Crippen molar-refractivity contribution < 1.29 is 4.79 Å². The van der Waals surface area contributed by atoms with Crippen molar-refractivity contribution in [2.45, 2.75) is 25.8 Å². The third kappa shape index (κ3) is 4.09. The molecule has 180 valence electrons. The maximum atomic E-state index is 13.9. The van der Waals surface area contributed by atoms with Crippen LogP contribution in [0.1, 0.15) is 28.9 Å². The van der Waals surface area contributed by atoms with Crippen LogP contribution in [0.2, 0.25) is 15.1 Å². The molecule has 0 fully saturated rings. The Balaban J connectivity index is 1.61. The number of amides is 1. The fourth-order valence-electron chi connectivity index (χ4n) is 5.14. The minimum Gasteiger partial charge on any atom is -0.325 e. The minimum absolute atomic E-state index is 0.191. The summed E-state index contributed by atoms with van der Waals surface area (Å²) in [6, 6.07) is 22.8. The van der Waals surface area contributed by atoms with Gasteiger partial charge < -0.3 is 9.88 Å². The van der Waals surface area contributed by atoms with Crippen LogP contribution in [0.15, 0.2) is 79.0 Å². The molecule has 4 nitrogen and oxygen atoms in total. The zero-order valence-electron chi connectivity index (χ0n) is 19.3. The molecule has 3 aromatic carbocycles. The molecule has 6 rings (SSSR count). The quantitative estimate of drug-likeness (QED) is 0.246. The van der Waals surface area contributed by atoms with Crippen LogP contribution in [-0.2, 0) is 13.0 Å². The van der Waals surface area contributed by atoms with Gasteiger partial charge in [-0.3, -0.25) is 9.20 Å². The first-order chi connectivity index (χ1) is 17.5. The molecule has 1 aliphatic rings. The van der Waals surface area contributed by atoms with Crippen LogP contribution in [0.25, 0.3) is 28.0 Å². The molecule has 0 bridgehead atoms. The first kappa shape index (κ1) is 23.2. The van der Waals surface area contributed by atoms with E-state index in [0.717, 1.165) is 53.8 Å². The molecule has 3 heterocycles. The van der Waals surface area contributed by atoms with Gasteiger partial charge in [0.05, 0.1) is 5.69 Å². The van der Waals surface area contributed by atoms with E-state index < -0.39 is 0 Å². The number of hydrogen-bond acceptors (Lipinski definition) is 1. The molecule has 0 aliphatic carbocycles. The average Bonchev–Trinajstić information content (AvgIpc) is 3.28. The number of aryl methyl sites for hydroxylation is 2. The van der Waals surface area contributed by atoms with Crippen molar-refractivity contribution in [2.75, 3.05) is 5.32 Å². The van der Waals surface area contributed by atoms with Crippen molar-refractivity contribution in [3.8, 4) is 22.4 Å². The molecule has 0 saturated heterocycles. The summed E-state index contributed by atoms with van der Waals surface area (Å²) in [5.74, 6) is -0.191. The third-order valence-electron chi connectivity index (χ3n) is 6.70. The van der Waals surface area contributed by atoms with Crippen molar-refractivity contribution in [2.24, 2.45) is 0 Å². The lowest BCUT2D eigenvalue weighted by molar-refractivity contribution is 0.102. The Morgan fingerprint density at radius 2 is 1.50 bits per heavy atom. The van der Waals surface area contributed by atoms with Gasteiger partial charge in [-0.05, 0) is 72.9 Å². The molecule has 0 saturated carbocycles. The molecule has 2 aromatic heterocycles. The lowest BCUT2D eigenvalue weighted by atomic mass is 9.97. The number of rotatable bonds is 4. The van der Waals surface area contributed by atoms with Gasteiger partial charge in [0, 0.05) is 44.6 Å². The van der Waals surface area contributed by atoms with Crippen molar-refractivity contribution >= 4 is 52.0 Å². The Morgan fingerprint density at radius 1 is 0.806 bits per heavy atom. The summed E-state index contributed by atoms with van der Waals surface area (Å²) in [4.78, 5) is 13.9. The maximum Gasteiger partial charge on any atom is 0.273 e. The largest absolute Gasteiger partial charge is 0.325 e. The van der Waals surface area contributed by atoms with Crippen molar-refractivity contribution in [1.82, 2.24) is 8.97 Å². The van der Waals surface area contributed by atoms with Crippen LogP contribution in [-0.4, -0.2) is 14.9 Å². The number of aromatic nitrogens is 2. The Morgan fingerprint density at radius 3 is 2.19 bits per heavy atom. The van der Waals surface area contributed by atoms with Gasteiger partial charge in [-0.15, -0.1) is 0 Å². The van der Waals surface area contributed by atoms with Crippen LogP contribution in [0.4, 0.5) is 5.69 Å². The molecule has 1 N–H and O–H groups in total. The van der Waals surface area contributed by atoms with Gasteiger partial charge in [-0.25, -0.2) is 0 Å². The lowest BCUT2D eigenvalue weighted by Crippen LogP contribution is -2.15. The summed E-state index contributed by atoms with van der Waals surface area (Å²) in [5, 5.41) is 4.99. The Hall–Kier alpha value is -3.18. The van der Waals surface area contributed by atoms with E-state index in [2.05, 4.69) is 20.5 Å². The van der Waals surface area contributed by atoms with Crippen LogP contribution in [0, 0.1) is 0 Å². The summed E-state index contributed by atoms with van der Waals surface area (Å²) >= 11 is 18.6. The molecule has 0 spiro atoms. The van der Waals surface area contributed by atoms with Gasteiger partial charge in [-0.2, -0.15) is 0 Å². The van der Waals surface area contributed by atoms with E-state index in [4.69, 9.17) is 34.8 Å². The lowest BCUT2D eigenvalue weighted by Gasteiger charge is -2.10. The van der Waals surface area contributed by atoms with Crippen molar-refractivity contribution in [3.05, 3.63) is 105 Å². The number of imidazole rings is 1. The smallest absolute Gasteiger partial charge is 0.273 e. The van der Waals surface area contributed by atoms with E-state index in [1.807, 2.05) is 60.7 Å². The van der Waals surface area contributed by atoms with Gasteiger partial charge >= 0.3 is 0 Å². The number of hydrogen-bond donors (Lipinski definition) is 1. The molecule has 1 aliphatic heterocycles. The molecule has 0 atom stereocenters. The topological polar surface area (TPSA) is 38.4 Å². The number of halogens is 3. The van der Waals surface area contributed by atoms with Crippen LogP contribution in [0.5, 0.6) is 0 Å². The highest BCUT2D eigenvalue weighted by molar-refractivity contribution is 6.31. The summed E-state index contributed by atoms with van der Waals surface area (Å²) < 4.78 is 4.38. The van der Waals surface area contributed by atoms with Gasteiger partial charge in [0.1, 0.15) is 11.3 Å². The predicted octanol–water partition coefficient (Wildman–Crippen LogP) is 8.62. The number of anilines is 1. The molecule has 0 radical (unpaired) electrons. The van der Waals surface area contributed by atoms with E-state index in [9.17, 15) is 4.79 Å². The van der Waals surface area contributed by atoms with Crippen molar-refractivity contribution in [1.29, 1.82) is 0 Å². The van der Waals surface area contributed by atoms with Gasteiger partial charge in [0.15, 0.2) is 0 Å². The van der Waals surface area contributed by atoms with Crippen LogP contribution < -0.4 is 5.32 Å². The fraction of sp³-hybridized carbons (Fsp3) is 0.138. The molecule has 5 aromatic rings. The van der Waals surface area contributed by atoms with Gasteiger partial charge in [0.2, 0.25) is 0 Å². The Labute approximate surface area is 224 Å². The van der Waals surface area contributed by atoms with E-state index in [-0.39, 0.29) is 5.91 Å². The van der Waals surface area contributed by atoms with Crippen LogP contribution >= 0.6 is 34.8 Å². The average molecular weight is 535 g/mol. The second kappa shape index (κ2) is 9.36. The second-order valence-corrected chi connectivity index (χ2v) is 10.3. The summed E-state index contributed by atoms with van der Waals surface area (Å²) in [6.07, 6.45) is 5.05. The zero-order valence-corrected chi connectivity index (χ0v) is 21.5. The first-order valence-electron chi connectivity index (χ1n) is 11.8. The minimum atomic E-state index is -0.191. The number of nitrogens with one attached hydrogen (secondary N) is 1. The fourth-order valence-corrected chi connectivity index (χ4v) is 5.59.